The Labute approximate surface area is 149 Å². The first-order valence-electron chi connectivity index (χ1n) is 9.46. The molecule has 2 amide bonds. The highest BCUT2D eigenvalue weighted by atomic mass is 16.2. The lowest BCUT2D eigenvalue weighted by atomic mass is 9.98. The molecule has 3 saturated heterocycles. The summed E-state index contributed by atoms with van der Waals surface area (Å²) < 4.78 is 0. The summed E-state index contributed by atoms with van der Waals surface area (Å²) in [7, 11) is 0. The van der Waals surface area contributed by atoms with Gasteiger partial charge in [-0.2, -0.15) is 0 Å². The number of carbonyl (C=O) groups excluding carboxylic acids is 2. The number of fused-ring (bicyclic) bond motifs is 2. The van der Waals surface area contributed by atoms with Gasteiger partial charge in [0.2, 0.25) is 11.8 Å². The van der Waals surface area contributed by atoms with Crippen LogP contribution in [0.3, 0.4) is 0 Å². The summed E-state index contributed by atoms with van der Waals surface area (Å²) in [6.45, 7) is 3.19. The Bertz CT molecular complexity index is 645. The topological polar surface area (TPSA) is 61.4 Å². The minimum absolute atomic E-state index is 0.0612. The summed E-state index contributed by atoms with van der Waals surface area (Å²) >= 11 is 0. The number of amides is 2. The van der Waals surface area contributed by atoms with Crippen molar-refractivity contribution in [3.8, 4) is 0 Å². The van der Waals surface area contributed by atoms with Crippen molar-refractivity contribution in [2.24, 2.45) is 5.92 Å². The highest BCUT2D eigenvalue weighted by Gasteiger charge is 2.38. The summed E-state index contributed by atoms with van der Waals surface area (Å²) in [5.74, 6) is -0.0531. The predicted molar refractivity (Wildman–Crippen MR) is 95.8 cm³/mol. The average molecular weight is 341 g/mol. The molecule has 5 heteroatoms. The number of rotatable bonds is 4. The van der Waals surface area contributed by atoms with E-state index in [1.807, 2.05) is 4.90 Å². The van der Waals surface area contributed by atoms with E-state index in [-0.39, 0.29) is 23.8 Å². The normalized spacial score (nSPS) is 31.4. The van der Waals surface area contributed by atoms with Crippen LogP contribution in [0.2, 0.25) is 0 Å². The zero-order chi connectivity index (χ0) is 17.4. The maximum Gasteiger partial charge on any atom is 0.225 e. The van der Waals surface area contributed by atoms with Crippen LogP contribution in [0.15, 0.2) is 24.3 Å². The van der Waals surface area contributed by atoms with Gasteiger partial charge in [0.1, 0.15) is 0 Å². The van der Waals surface area contributed by atoms with E-state index >= 15 is 0 Å². The lowest BCUT2D eigenvalue weighted by molar-refractivity contribution is -0.129. The Balaban J connectivity index is 1.32. The van der Waals surface area contributed by atoms with Crippen LogP contribution >= 0.6 is 0 Å². The second-order valence-corrected chi connectivity index (χ2v) is 7.98. The van der Waals surface area contributed by atoms with E-state index in [0.717, 1.165) is 18.4 Å². The lowest BCUT2D eigenvalue weighted by Crippen LogP contribution is -2.49. The van der Waals surface area contributed by atoms with Crippen LogP contribution in [-0.4, -0.2) is 41.4 Å². The molecule has 25 heavy (non-hydrogen) atoms. The molecule has 1 aromatic rings. The third kappa shape index (κ3) is 3.71. The lowest BCUT2D eigenvalue weighted by Gasteiger charge is -2.30. The van der Waals surface area contributed by atoms with Crippen molar-refractivity contribution in [2.45, 2.75) is 63.7 Å². The SMILES string of the molecule is Cc1ccc(CN2CC(C(=O)NC3CC4CCC(C3)N4)CC2=O)cc1. The second kappa shape index (κ2) is 6.79. The van der Waals surface area contributed by atoms with E-state index in [1.54, 1.807) is 0 Å². The average Bonchev–Trinajstić information content (AvgIpc) is 3.12. The highest BCUT2D eigenvalue weighted by Crippen LogP contribution is 2.27. The van der Waals surface area contributed by atoms with Gasteiger partial charge >= 0.3 is 0 Å². The smallest absolute Gasteiger partial charge is 0.225 e. The largest absolute Gasteiger partial charge is 0.353 e. The molecule has 3 unspecified atom stereocenters. The molecule has 0 radical (unpaired) electrons. The van der Waals surface area contributed by atoms with Crippen LogP contribution in [0.1, 0.15) is 43.2 Å². The highest BCUT2D eigenvalue weighted by molar-refractivity contribution is 5.89. The fraction of sp³-hybridized carbons (Fsp3) is 0.600. The Morgan fingerprint density at radius 2 is 1.88 bits per heavy atom. The van der Waals surface area contributed by atoms with Gasteiger partial charge in [-0.3, -0.25) is 9.59 Å². The Hall–Kier alpha value is -1.88. The number of hydrogen-bond donors (Lipinski definition) is 2. The van der Waals surface area contributed by atoms with Gasteiger partial charge in [-0.1, -0.05) is 29.8 Å². The summed E-state index contributed by atoms with van der Waals surface area (Å²) in [5, 5.41) is 6.81. The van der Waals surface area contributed by atoms with Crippen LogP contribution in [0.25, 0.3) is 0 Å². The minimum atomic E-state index is -0.203. The van der Waals surface area contributed by atoms with E-state index in [9.17, 15) is 9.59 Å². The number of likely N-dealkylation sites (tertiary alicyclic amines) is 1. The second-order valence-electron chi connectivity index (χ2n) is 7.98. The number of hydrogen-bond acceptors (Lipinski definition) is 3. The Kier molecular flexibility index (Phi) is 4.50. The Morgan fingerprint density at radius 1 is 1.20 bits per heavy atom. The molecule has 5 nitrogen and oxygen atoms in total. The predicted octanol–water partition coefficient (Wildman–Crippen LogP) is 1.74. The number of piperidine rings is 1. The van der Waals surface area contributed by atoms with Gasteiger partial charge in [0, 0.05) is 37.6 Å². The first kappa shape index (κ1) is 16.6. The van der Waals surface area contributed by atoms with Gasteiger partial charge in [-0.25, -0.2) is 0 Å². The zero-order valence-electron chi connectivity index (χ0n) is 14.8. The van der Waals surface area contributed by atoms with Crippen molar-refractivity contribution >= 4 is 11.8 Å². The fourth-order valence-corrected chi connectivity index (χ4v) is 4.51. The first-order chi connectivity index (χ1) is 12.1. The van der Waals surface area contributed by atoms with Gasteiger partial charge in [0.25, 0.3) is 0 Å². The van der Waals surface area contributed by atoms with E-state index < -0.39 is 0 Å². The molecule has 2 N–H and O–H groups in total. The summed E-state index contributed by atoms with van der Waals surface area (Å²) in [6.07, 6.45) is 4.84. The first-order valence-corrected chi connectivity index (χ1v) is 9.46. The van der Waals surface area contributed by atoms with Crippen molar-refractivity contribution in [1.29, 1.82) is 0 Å². The van der Waals surface area contributed by atoms with Crippen LogP contribution in [0.5, 0.6) is 0 Å². The van der Waals surface area contributed by atoms with Crippen molar-refractivity contribution < 1.29 is 9.59 Å². The van der Waals surface area contributed by atoms with Crippen molar-refractivity contribution in [3.63, 3.8) is 0 Å². The molecule has 3 aliphatic heterocycles. The quantitative estimate of drug-likeness (QED) is 0.877. The number of aryl methyl sites for hydroxylation is 1. The molecular weight excluding hydrogens is 314 g/mol. The van der Waals surface area contributed by atoms with Crippen LogP contribution in [0.4, 0.5) is 0 Å². The molecule has 134 valence electrons. The van der Waals surface area contributed by atoms with E-state index in [1.165, 1.54) is 18.4 Å². The monoisotopic (exact) mass is 341 g/mol. The standard InChI is InChI=1S/C20H27N3O2/c1-13-2-4-14(5-3-13)11-23-12-15(8-19(23)24)20(25)22-18-9-16-6-7-17(10-18)21-16/h2-5,15-18,21H,6-12H2,1H3,(H,22,25). The van der Waals surface area contributed by atoms with Gasteiger partial charge < -0.3 is 15.5 Å². The van der Waals surface area contributed by atoms with Crippen LogP contribution in [0, 0.1) is 12.8 Å². The molecule has 4 rings (SSSR count). The maximum absolute atomic E-state index is 12.6. The molecular formula is C20H27N3O2. The molecule has 3 fully saturated rings. The molecule has 3 aliphatic rings. The maximum atomic E-state index is 12.6. The van der Waals surface area contributed by atoms with Crippen molar-refractivity contribution in [3.05, 3.63) is 35.4 Å². The van der Waals surface area contributed by atoms with Crippen LogP contribution < -0.4 is 10.6 Å². The van der Waals surface area contributed by atoms with E-state index in [4.69, 9.17) is 0 Å². The molecule has 0 aromatic heterocycles. The third-order valence-corrected chi connectivity index (χ3v) is 5.90. The molecule has 3 heterocycles. The van der Waals surface area contributed by atoms with Gasteiger partial charge in [0.15, 0.2) is 0 Å². The summed E-state index contributed by atoms with van der Waals surface area (Å²) in [5.41, 5.74) is 2.33. The molecule has 3 atom stereocenters. The van der Waals surface area contributed by atoms with Gasteiger partial charge in [-0.05, 0) is 38.2 Å². The zero-order valence-corrected chi connectivity index (χ0v) is 14.8. The minimum Gasteiger partial charge on any atom is -0.353 e. The van der Waals surface area contributed by atoms with E-state index in [0.29, 0.717) is 31.6 Å². The Morgan fingerprint density at radius 3 is 2.56 bits per heavy atom. The molecule has 0 aliphatic carbocycles. The number of benzene rings is 1. The third-order valence-electron chi connectivity index (χ3n) is 5.90. The number of nitrogens with one attached hydrogen (secondary N) is 2. The number of carbonyl (C=O) groups is 2. The molecule has 1 aromatic carbocycles. The van der Waals surface area contributed by atoms with Crippen molar-refractivity contribution in [1.82, 2.24) is 15.5 Å². The van der Waals surface area contributed by atoms with Gasteiger partial charge in [0.05, 0.1) is 5.92 Å². The van der Waals surface area contributed by atoms with Crippen molar-refractivity contribution in [2.75, 3.05) is 6.54 Å². The summed E-state index contributed by atoms with van der Waals surface area (Å²) in [4.78, 5) is 26.7. The molecule has 2 bridgehead atoms. The summed E-state index contributed by atoms with van der Waals surface area (Å²) in [6, 6.07) is 9.63. The molecule has 0 spiro atoms. The van der Waals surface area contributed by atoms with E-state index in [2.05, 4.69) is 41.8 Å². The van der Waals surface area contributed by atoms with Gasteiger partial charge in [-0.15, -0.1) is 0 Å². The molecule has 0 saturated carbocycles. The fourth-order valence-electron chi connectivity index (χ4n) is 4.51. The van der Waals surface area contributed by atoms with Crippen LogP contribution in [-0.2, 0) is 16.1 Å². The number of nitrogens with zero attached hydrogens (tertiary/aromatic N) is 1.